The Balaban J connectivity index is 0.785. The highest BCUT2D eigenvalue weighted by Crippen LogP contribution is 2.40. The summed E-state index contributed by atoms with van der Waals surface area (Å²) < 4.78 is 6.62. The third kappa shape index (κ3) is 7.07. The van der Waals surface area contributed by atoms with Crippen molar-refractivity contribution in [3.05, 3.63) is 265 Å². The molecule has 71 heavy (non-hydrogen) atoms. The Morgan fingerprint density at radius 1 is 0.296 bits per heavy atom. The lowest BCUT2D eigenvalue weighted by atomic mass is 9.91. The van der Waals surface area contributed by atoms with Crippen molar-refractivity contribution in [2.24, 2.45) is 9.98 Å². The fourth-order valence-corrected chi connectivity index (χ4v) is 10.8. The minimum absolute atomic E-state index is 0.278. The number of nitrogens with zero attached hydrogens (tertiary/aromatic N) is 2. The van der Waals surface area contributed by atoms with Crippen molar-refractivity contribution < 1.29 is 4.42 Å². The van der Waals surface area contributed by atoms with Gasteiger partial charge in [0.2, 0.25) is 0 Å². The zero-order chi connectivity index (χ0) is 46.8. The number of aliphatic imine (C=N–C) groups is 2. The first kappa shape index (κ1) is 40.7. The van der Waals surface area contributed by atoms with Crippen molar-refractivity contribution in [3.63, 3.8) is 0 Å². The van der Waals surface area contributed by atoms with Gasteiger partial charge in [0.1, 0.15) is 23.2 Å². The lowest BCUT2D eigenvalue weighted by Gasteiger charge is -2.24. The van der Waals surface area contributed by atoms with Gasteiger partial charge in [-0.15, -0.1) is 0 Å². The van der Waals surface area contributed by atoms with Gasteiger partial charge in [-0.05, 0) is 136 Å². The fraction of sp³-hybridized carbons (Fsp3) is 0.0149. The molecule has 0 saturated heterocycles. The highest BCUT2D eigenvalue weighted by atomic mass is 16.3. The van der Waals surface area contributed by atoms with E-state index in [0.717, 1.165) is 77.5 Å². The standard InChI is InChI=1S/C67H43N3O/c1-3-15-42(16-4-1)65-68-66(43-17-5-2-6-18-43)70-67(69-65)60-35-34-51(52-23-7-11-27-56(52)60)50-30-33-59-62-40-49(31-36-63(62)71-64(59)41-50)47-22-14-20-45(38-47)44-19-13-21-46(37-44)48-29-32-58-55-26-9-8-24-53(55)54-25-10-12-28-57(54)61(58)39-48/h1-41,65H,(H,68,69,70). The molecule has 1 N–H and O–H groups in total. The first-order chi connectivity index (χ1) is 35.2. The van der Waals surface area contributed by atoms with E-state index in [-0.39, 0.29) is 6.17 Å². The smallest absolute Gasteiger partial charge is 0.159 e. The average Bonchev–Trinajstić information content (AvgIpc) is 3.82. The van der Waals surface area contributed by atoms with Crippen LogP contribution in [-0.4, -0.2) is 11.7 Å². The SMILES string of the molecule is c1ccc(C2=NC(c3ccccc3)NC(c3ccc(-c4ccc5c(c4)oc4ccc(-c6cccc(-c7cccc(-c8ccc9c%10ccccc%10c%10ccccc%10c9c8)c7)c6)cc45)c4ccccc34)=N2)cc1. The summed E-state index contributed by atoms with van der Waals surface area (Å²) in [5.41, 5.74) is 14.1. The molecule has 1 aromatic heterocycles. The van der Waals surface area contributed by atoms with Gasteiger partial charge in [-0.3, -0.25) is 0 Å². The number of rotatable bonds is 7. The van der Waals surface area contributed by atoms with Crippen LogP contribution in [0.1, 0.15) is 22.9 Å². The summed E-state index contributed by atoms with van der Waals surface area (Å²) >= 11 is 0. The van der Waals surface area contributed by atoms with E-state index in [4.69, 9.17) is 14.4 Å². The van der Waals surface area contributed by atoms with Crippen LogP contribution in [0.3, 0.4) is 0 Å². The van der Waals surface area contributed by atoms with Crippen LogP contribution >= 0.6 is 0 Å². The van der Waals surface area contributed by atoms with Gasteiger partial charge in [0.05, 0.1) is 0 Å². The van der Waals surface area contributed by atoms with E-state index in [0.29, 0.717) is 5.84 Å². The molecule has 1 aliphatic rings. The van der Waals surface area contributed by atoms with Gasteiger partial charge < -0.3 is 9.73 Å². The third-order valence-electron chi connectivity index (χ3n) is 14.3. The van der Waals surface area contributed by atoms with Crippen LogP contribution in [0, 0.1) is 0 Å². The molecule has 13 aromatic rings. The Morgan fingerprint density at radius 2 is 0.761 bits per heavy atom. The normalized spacial score (nSPS) is 13.8. The van der Waals surface area contributed by atoms with Gasteiger partial charge in [-0.2, -0.15) is 0 Å². The van der Waals surface area contributed by atoms with Crippen molar-refractivity contribution in [1.29, 1.82) is 0 Å². The maximum absolute atomic E-state index is 6.62. The van der Waals surface area contributed by atoms with E-state index in [1.165, 1.54) is 54.6 Å². The van der Waals surface area contributed by atoms with Crippen LogP contribution in [0.4, 0.5) is 0 Å². The Kier molecular flexibility index (Phi) is 9.56. The summed E-state index contributed by atoms with van der Waals surface area (Å²) in [4.78, 5) is 10.2. The molecule has 0 saturated carbocycles. The Bertz CT molecular complexity index is 4280. The van der Waals surface area contributed by atoms with Crippen LogP contribution < -0.4 is 5.32 Å². The molecule has 1 aliphatic heterocycles. The van der Waals surface area contributed by atoms with Crippen molar-refractivity contribution >= 4 is 76.7 Å². The number of fused-ring (bicyclic) bond motifs is 10. The van der Waals surface area contributed by atoms with Crippen LogP contribution in [-0.2, 0) is 0 Å². The quantitative estimate of drug-likeness (QED) is 0.162. The van der Waals surface area contributed by atoms with E-state index in [1.807, 2.05) is 24.3 Å². The van der Waals surface area contributed by atoms with Crippen LogP contribution in [0.25, 0.3) is 110 Å². The van der Waals surface area contributed by atoms with Crippen LogP contribution in [0.5, 0.6) is 0 Å². The van der Waals surface area contributed by atoms with E-state index in [1.54, 1.807) is 0 Å². The van der Waals surface area contributed by atoms with E-state index in [9.17, 15) is 0 Å². The fourth-order valence-electron chi connectivity index (χ4n) is 10.8. The summed E-state index contributed by atoms with van der Waals surface area (Å²) in [5.74, 6) is 1.50. The van der Waals surface area contributed by atoms with E-state index < -0.39 is 0 Å². The summed E-state index contributed by atoms with van der Waals surface area (Å²) in [6.07, 6.45) is -0.278. The second-order valence-electron chi connectivity index (χ2n) is 18.5. The minimum Gasteiger partial charge on any atom is -0.456 e. The van der Waals surface area contributed by atoms with Crippen molar-refractivity contribution in [3.8, 4) is 44.5 Å². The molecule has 12 aromatic carbocycles. The molecular weight excluding hydrogens is 863 g/mol. The zero-order valence-corrected chi connectivity index (χ0v) is 38.6. The number of furan rings is 1. The average molecular weight is 906 g/mol. The molecule has 0 spiro atoms. The Hall–Kier alpha value is -9.38. The zero-order valence-electron chi connectivity index (χ0n) is 38.6. The minimum atomic E-state index is -0.278. The predicted octanol–water partition coefficient (Wildman–Crippen LogP) is 17.4. The topological polar surface area (TPSA) is 49.9 Å². The van der Waals surface area contributed by atoms with Gasteiger partial charge in [0, 0.05) is 21.9 Å². The van der Waals surface area contributed by atoms with Crippen molar-refractivity contribution in [1.82, 2.24) is 5.32 Å². The number of hydrogen-bond donors (Lipinski definition) is 1. The van der Waals surface area contributed by atoms with Crippen LogP contribution in [0.15, 0.2) is 263 Å². The molecular formula is C67H43N3O. The summed E-state index contributed by atoms with van der Waals surface area (Å²) in [6.45, 7) is 0. The molecule has 1 unspecified atom stereocenters. The molecule has 0 fully saturated rings. The third-order valence-corrected chi connectivity index (χ3v) is 14.3. The number of nitrogens with one attached hydrogen (secondary N) is 1. The second kappa shape index (κ2) is 16.7. The van der Waals surface area contributed by atoms with Gasteiger partial charge in [-0.25, -0.2) is 9.98 Å². The first-order valence-electron chi connectivity index (χ1n) is 24.2. The Labute approximate surface area is 410 Å². The molecule has 4 heteroatoms. The molecule has 0 amide bonds. The second-order valence-corrected chi connectivity index (χ2v) is 18.5. The first-order valence-corrected chi connectivity index (χ1v) is 24.2. The predicted molar refractivity (Wildman–Crippen MR) is 297 cm³/mol. The number of amidine groups is 2. The number of hydrogen-bond acceptors (Lipinski definition) is 4. The van der Waals surface area contributed by atoms with Crippen LogP contribution in [0.2, 0.25) is 0 Å². The van der Waals surface area contributed by atoms with Gasteiger partial charge in [-0.1, -0.05) is 206 Å². The lowest BCUT2D eigenvalue weighted by molar-refractivity contribution is 0.669. The molecule has 0 aliphatic carbocycles. The molecule has 2 heterocycles. The van der Waals surface area contributed by atoms with E-state index in [2.05, 4.69) is 230 Å². The maximum Gasteiger partial charge on any atom is 0.159 e. The molecule has 0 radical (unpaired) electrons. The summed E-state index contributed by atoms with van der Waals surface area (Å²) in [6, 6.07) is 89.0. The molecule has 14 rings (SSSR count). The lowest BCUT2D eigenvalue weighted by Crippen LogP contribution is -2.33. The Morgan fingerprint density at radius 3 is 1.41 bits per heavy atom. The highest BCUT2D eigenvalue weighted by Gasteiger charge is 2.23. The number of benzene rings is 12. The van der Waals surface area contributed by atoms with Crippen molar-refractivity contribution in [2.45, 2.75) is 6.17 Å². The summed E-state index contributed by atoms with van der Waals surface area (Å²) in [5, 5.41) is 15.8. The van der Waals surface area contributed by atoms with Gasteiger partial charge in [0.25, 0.3) is 0 Å². The molecule has 4 nitrogen and oxygen atoms in total. The maximum atomic E-state index is 6.62. The molecule has 1 atom stereocenters. The monoisotopic (exact) mass is 905 g/mol. The molecule has 332 valence electrons. The highest BCUT2D eigenvalue weighted by molar-refractivity contribution is 6.26. The van der Waals surface area contributed by atoms with Gasteiger partial charge >= 0.3 is 0 Å². The largest absolute Gasteiger partial charge is 0.456 e. The summed E-state index contributed by atoms with van der Waals surface area (Å²) in [7, 11) is 0. The van der Waals surface area contributed by atoms with Gasteiger partial charge in [0.15, 0.2) is 5.84 Å². The van der Waals surface area contributed by atoms with Crippen molar-refractivity contribution in [2.75, 3.05) is 0 Å². The van der Waals surface area contributed by atoms with E-state index >= 15 is 0 Å². The molecule has 0 bridgehead atoms.